The number of nitrogen functional groups attached to an aromatic ring is 1. The van der Waals surface area contributed by atoms with Crippen molar-refractivity contribution < 1.29 is 9.21 Å². The molecule has 4 rings (SSSR count). The van der Waals surface area contributed by atoms with E-state index in [-0.39, 0.29) is 23.3 Å². The fourth-order valence-electron chi connectivity index (χ4n) is 4.17. The molecule has 1 saturated carbocycles. The van der Waals surface area contributed by atoms with Crippen LogP contribution < -0.4 is 21.9 Å². The topological polar surface area (TPSA) is 114 Å². The number of benzene rings is 1. The van der Waals surface area contributed by atoms with E-state index in [2.05, 4.69) is 4.98 Å². The van der Waals surface area contributed by atoms with Crippen LogP contribution in [0.5, 0.6) is 0 Å². The van der Waals surface area contributed by atoms with E-state index < -0.39 is 17.2 Å². The molecule has 0 bridgehead atoms. The van der Waals surface area contributed by atoms with Gasteiger partial charge in [0.2, 0.25) is 0 Å². The van der Waals surface area contributed by atoms with Gasteiger partial charge in [0.25, 0.3) is 11.5 Å². The van der Waals surface area contributed by atoms with Crippen molar-refractivity contribution in [3.8, 4) is 0 Å². The normalized spacial score (nSPS) is 14.4. The lowest BCUT2D eigenvalue weighted by Crippen LogP contribution is -2.45. The van der Waals surface area contributed by atoms with Gasteiger partial charge >= 0.3 is 5.69 Å². The molecule has 2 aromatic heterocycles. The molecule has 1 fully saturated rings. The van der Waals surface area contributed by atoms with Gasteiger partial charge < -0.3 is 10.2 Å². The lowest BCUT2D eigenvalue weighted by atomic mass is 10.1. The molecule has 0 aliphatic heterocycles. The van der Waals surface area contributed by atoms with Crippen molar-refractivity contribution in [2.45, 2.75) is 58.0 Å². The number of nitrogens with zero attached hydrogens (tertiary/aromatic N) is 2. The van der Waals surface area contributed by atoms with Crippen LogP contribution in [0.15, 0.2) is 44.3 Å². The van der Waals surface area contributed by atoms with Gasteiger partial charge in [-0.15, -0.1) is 0 Å². The van der Waals surface area contributed by atoms with Crippen LogP contribution in [0.4, 0.5) is 11.5 Å². The van der Waals surface area contributed by atoms with E-state index in [1.165, 1.54) is 9.47 Å². The lowest BCUT2D eigenvalue weighted by molar-refractivity contribution is 0.0951. The van der Waals surface area contributed by atoms with Crippen LogP contribution in [0.1, 0.15) is 56.0 Å². The second-order valence-electron chi connectivity index (χ2n) is 7.76. The van der Waals surface area contributed by atoms with Gasteiger partial charge in [0.05, 0.1) is 0 Å². The number of H-pyrrole nitrogens is 1. The Labute approximate surface area is 173 Å². The molecule has 1 aromatic carbocycles. The highest BCUT2D eigenvalue weighted by Gasteiger charge is 2.34. The number of nitrogens with one attached hydrogen (secondary N) is 1. The maximum absolute atomic E-state index is 13.6. The summed E-state index contributed by atoms with van der Waals surface area (Å²) in [5.74, 6) is -0.252. The van der Waals surface area contributed by atoms with Crippen molar-refractivity contribution in [1.82, 2.24) is 9.55 Å². The average molecular weight is 410 g/mol. The third-order valence-electron chi connectivity index (χ3n) is 5.74. The van der Waals surface area contributed by atoms with E-state index in [9.17, 15) is 14.4 Å². The van der Waals surface area contributed by atoms with Crippen LogP contribution in [-0.2, 0) is 6.54 Å². The minimum atomic E-state index is -0.651. The van der Waals surface area contributed by atoms with E-state index in [0.717, 1.165) is 43.9 Å². The summed E-state index contributed by atoms with van der Waals surface area (Å²) in [4.78, 5) is 42.5. The largest absolute Gasteiger partial charge is 0.451 e. The smallest absolute Gasteiger partial charge is 0.330 e. The maximum Gasteiger partial charge on any atom is 0.330 e. The van der Waals surface area contributed by atoms with Gasteiger partial charge in [0.1, 0.15) is 11.4 Å². The molecule has 1 aliphatic rings. The molecule has 0 spiro atoms. The number of rotatable bonds is 6. The molecule has 1 aliphatic carbocycles. The summed E-state index contributed by atoms with van der Waals surface area (Å²) in [5.41, 5.74) is 5.72. The Balaban J connectivity index is 1.84. The molecule has 0 unspecified atom stereocenters. The van der Waals surface area contributed by atoms with Gasteiger partial charge in [-0.2, -0.15) is 0 Å². The monoisotopic (exact) mass is 410 g/mol. The Bertz CT molecular complexity index is 1150. The zero-order valence-corrected chi connectivity index (χ0v) is 17.0. The van der Waals surface area contributed by atoms with Crippen LogP contribution in [0, 0.1) is 0 Å². The van der Waals surface area contributed by atoms with Crippen molar-refractivity contribution in [1.29, 1.82) is 0 Å². The fourth-order valence-corrected chi connectivity index (χ4v) is 4.17. The molecule has 1 amide bonds. The number of aromatic amines is 1. The molecule has 158 valence electrons. The van der Waals surface area contributed by atoms with Crippen LogP contribution in [0.3, 0.4) is 0 Å². The van der Waals surface area contributed by atoms with Gasteiger partial charge in [-0.05, 0) is 31.4 Å². The van der Waals surface area contributed by atoms with Crippen LogP contribution >= 0.6 is 0 Å². The lowest BCUT2D eigenvalue weighted by Gasteiger charge is -2.29. The molecular weight excluding hydrogens is 384 g/mol. The number of aromatic nitrogens is 2. The first-order valence-corrected chi connectivity index (χ1v) is 10.5. The number of hydrogen-bond acceptors (Lipinski definition) is 5. The number of para-hydroxylation sites is 1. The van der Waals surface area contributed by atoms with Crippen LogP contribution in [-0.4, -0.2) is 21.5 Å². The van der Waals surface area contributed by atoms with Crippen molar-refractivity contribution in [2.75, 3.05) is 10.6 Å². The van der Waals surface area contributed by atoms with E-state index in [0.29, 0.717) is 12.1 Å². The minimum Gasteiger partial charge on any atom is -0.451 e. The molecule has 8 nitrogen and oxygen atoms in total. The van der Waals surface area contributed by atoms with E-state index in [4.69, 9.17) is 10.2 Å². The zero-order chi connectivity index (χ0) is 21.3. The van der Waals surface area contributed by atoms with Crippen molar-refractivity contribution in [3.05, 3.63) is 56.9 Å². The molecule has 8 heteroatoms. The van der Waals surface area contributed by atoms with Crippen LogP contribution in [0.25, 0.3) is 11.0 Å². The number of nitrogens with two attached hydrogens (primary N) is 1. The number of furan rings is 1. The van der Waals surface area contributed by atoms with Gasteiger partial charge in [0.15, 0.2) is 11.4 Å². The Morgan fingerprint density at radius 2 is 2.00 bits per heavy atom. The number of amides is 1. The Kier molecular flexibility index (Phi) is 5.48. The second-order valence-corrected chi connectivity index (χ2v) is 7.76. The van der Waals surface area contributed by atoms with Gasteiger partial charge in [-0.25, -0.2) is 4.79 Å². The summed E-state index contributed by atoms with van der Waals surface area (Å²) < 4.78 is 7.12. The van der Waals surface area contributed by atoms with E-state index in [1.807, 2.05) is 25.1 Å². The molecule has 0 radical (unpaired) electrons. The molecule has 0 atom stereocenters. The first-order valence-electron chi connectivity index (χ1n) is 10.5. The van der Waals surface area contributed by atoms with Crippen molar-refractivity contribution in [2.24, 2.45) is 0 Å². The predicted molar refractivity (Wildman–Crippen MR) is 116 cm³/mol. The van der Waals surface area contributed by atoms with Crippen LogP contribution in [0.2, 0.25) is 0 Å². The van der Waals surface area contributed by atoms with Gasteiger partial charge in [0, 0.05) is 18.0 Å². The highest BCUT2D eigenvalue weighted by molar-refractivity contribution is 6.07. The summed E-state index contributed by atoms with van der Waals surface area (Å²) in [6.45, 7) is 2.38. The predicted octanol–water partition coefficient (Wildman–Crippen LogP) is 3.25. The third-order valence-corrected chi connectivity index (χ3v) is 5.74. The fraction of sp³-hybridized carbons (Fsp3) is 0.409. The Morgan fingerprint density at radius 1 is 1.27 bits per heavy atom. The number of carbonyl (C=O) groups excluding carboxylic acids is 1. The SMILES string of the molecule is CCCCn1c(N)c(N(C(=O)c2cc3ccccc3o2)C2CCCC2)c(=O)[nH]c1=O. The summed E-state index contributed by atoms with van der Waals surface area (Å²) >= 11 is 0. The zero-order valence-electron chi connectivity index (χ0n) is 17.0. The highest BCUT2D eigenvalue weighted by atomic mass is 16.3. The summed E-state index contributed by atoms with van der Waals surface area (Å²) in [7, 11) is 0. The number of anilines is 2. The molecule has 3 N–H and O–H groups in total. The third kappa shape index (κ3) is 3.53. The van der Waals surface area contributed by atoms with E-state index >= 15 is 0 Å². The molecule has 2 heterocycles. The highest BCUT2D eigenvalue weighted by Crippen LogP contribution is 2.31. The number of hydrogen-bond donors (Lipinski definition) is 2. The van der Waals surface area contributed by atoms with Gasteiger partial charge in [-0.1, -0.05) is 44.4 Å². The summed E-state index contributed by atoms with van der Waals surface area (Å²) in [5, 5.41) is 0.807. The van der Waals surface area contributed by atoms with Crippen molar-refractivity contribution >= 4 is 28.4 Å². The quantitative estimate of drug-likeness (QED) is 0.647. The average Bonchev–Trinajstić information content (AvgIpc) is 3.40. The summed E-state index contributed by atoms with van der Waals surface area (Å²) in [6.07, 6.45) is 5.04. The maximum atomic E-state index is 13.6. The minimum absolute atomic E-state index is 0.0218. The summed E-state index contributed by atoms with van der Waals surface area (Å²) in [6, 6.07) is 8.86. The van der Waals surface area contributed by atoms with Gasteiger partial charge in [-0.3, -0.25) is 24.0 Å². The number of carbonyl (C=O) groups is 1. The number of fused-ring (bicyclic) bond motifs is 1. The molecular formula is C22H26N4O4. The molecule has 3 aromatic rings. The van der Waals surface area contributed by atoms with E-state index in [1.54, 1.807) is 12.1 Å². The molecule has 30 heavy (non-hydrogen) atoms. The second kappa shape index (κ2) is 8.22. The standard InChI is InChI=1S/C22H26N4O4/c1-2-3-12-25-19(23)18(20(27)24-22(25)29)26(15-9-5-6-10-15)21(28)17-13-14-8-4-7-11-16(14)30-17/h4,7-8,11,13,15H,2-3,5-6,9-10,12,23H2,1H3,(H,24,27,29). The first-order chi connectivity index (χ1) is 14.5. The Morgan fingerprint density at radius 3 is 2.70 bits per heavy atom. The Hall–Kier alpha value is -3.29. The number of unbranched alkanes of at least 4 members (excludes halogenated alkanes) is 1. The molecule has 0 saturated heterocycles. The van der Waals surface area contributed by atoms with Crippen molar-refractivity contribution in [3.63, 3.8) is 0 Å². The first kappa shape index (κ1) is 20.0.